The highest BCUT2D eigenvalue weighted by Crippen LogP contribution is 2.11. The highest BCUT2D eigenvalue weighted by atomic mass is 32.1. The van der Waals surface area contributed by atoms with Crippen LogP contribution in [0.25, 0.3) is 0 Å². The molecule has 0 saturated carbocycles. The first kappa shape index (κ1) is 21.8. The summed E-state index contributed by atoms with van der Waals surface area (Å²) in [7, 11) is 4.29. The van der Waals surface area contributed by atoms with Gasteiger partial charge in [0, 0.05) is 12.3 Å². The summed E-state index contributed by atoms with van der Waals surface area (Å²) in [6.07, 6.45) is 13.6. The molecule has 3 nitrogen and oxygen atoms in total. The van der Waals surface area contributed by atoms with E-state index in [2.05, 4.69) is 39.0 Å². The minimum absolute atomic E-state index is 0.145. The Labute approximate surface area is 144 Å². The van der Waals surface area contributed by atoms with Crippen LogP contribution in [0.1, 0.15) is 71.1 Å². The molecule has 0 saturated heterocycles. The molecule has 132 valence electrons. The van der Waals surface area contributed by atoms with Crippen molar-refractivity contribution in [2.24, 2.45) is 0 Å². The average molecular weight is 332 g/mol. The lowest BCUT2D eigenvalue weighted by Gasteiger charge is -2.29. The predicted molar refractivity (Wildman–Crippen MR) is 101 cm³/mol. The minimum atomic E-state index is 0.145. The molecule has 0 aromatic carbocycles. The van der Waals surface area contributed by atoms with Gasteiger partial charge in [-0.25, -0.2) is 0 Å². The normalized spacial score (nSPS) is 11.6. The molecule has 1 amide bonds. The van der Waals surface area contributed by atoms with E-state index in [9.17, 15) is 4.79 Å². The van der Waals surface area contributed by atoms with Gasteiger partial charge in [0.05, 0.1) is 20.6 Å². The van der Waals surface area contributed by atoms with Crippen molar-refractivity contribution in [1.82, 2.24) is 5.32 Å². The summed E-state index contributed by atoms with van der Waals surface area (Å²) in [6.45, 7) is 4.60. The van der Waals surface area contributed by atoms with Gasteiger partial charge in [0.15, 0.2) is 6.54 Å². The molecule has 0 aliphatic rings. The summed E-state index contributed by atoms with van der Waals surface area (Å²) in [5.74, 6) is 0.851. The molecule has 0 aromatic rings. The van der Waals surface area contributed by atoms with E-state index < -0.39 is 0 Å². The molecule has 1 N–H and O–H groups in total. The molecule has 0 bridgehead atoms. The first-order valence-corrected chi connectivity index (χ1v) is 9.84. The SMILES string of the molecule is CCCCCCCCCCCC[N+](C)(C)CC(=O)NCCS. The van der Waals surface area contributed by atoms with E-state index in [0.717, 1.165) is 11.0 Å². The van der Waals surface area contributed by atoms with Crippen molar-refractivity contribution in [3.63, 3.8) is 0 Å². The van der Waals surface area contributed by atoms with Crippen LogP contribution in [-0.4, -0.2) is 49.9 Å². The van der Waals surface area contributed by atoms with Gasteiger partial charge in [0.1, 0.15) is 0 Å². The zero-order chi connectivity index (χ0) is 16.7. The number of hydrogen-bond donors (Lipinski definition) is 2. The van der Waals surface area contributed by atoms with E-state index >= 15 is 0 Å². The van der Waals surface area contributed by atoms with Crippen LogP contribution in [0, 0.1) is 0 Å². The predicted octanol–water partition coefficient (Wildman–Crippen LogP) is 4.03. The third kappa shape index (κ3) is 14.7. The maximum absolute atomic E-state index is 11.7. The molecule has 0 unspecified atom stereocenters. The van der Waals surface area contributed by atoms with Gasteiger partial charge in [0.2, 0.25) is 0 Å². The first-order chi connectivity index (χ1) is 10.5. The number of thiol groups is 1. The second-order valence-corrected chi connectivity index (χ2v) is 7.52. The number of rotatable bonds is 15. The molecular weight excluding hydrogens is 292 g/mol. The van der Waals surface area contributed by atoms with Gasteiger partial charge in [0.25, 0.3) is 5.91 Å². The summed E-state index contributed by atoms with van der Waals surface area (Å²) in [4.78, 5) is 11.7. The lowest BCUT2D eigenvalue weighted by molar-refractivity contribution is -0.882. The molecule has 0 rings (SSSR count). The minimum Gasteiger partial charge on any atom is -0.350 e. The van der Waals surface area contributed by atoms with Crippen LogP contribution in [0.2, 0.25) is 0 Å². The van der Waals surface area contributed by atoms with Gasteiger partial charge in [-0.15, -0.1) is 0 Å². The monoisotopic (exact) mass is 331 g/mol. The van der Waals surface area contributed by atoms with Crippen molar-refractivity contribution in [3.8, 4) is 0 Å². The summed E-state index contributed by atoms with van der Waals surface area (Å²) in [5, 5.41) is 2.90. The van der Waals surface area contributed by atoms with Gasteiger partial charge in [-0.1, -0.05) is 58.3 Å². The molecule has 22 heavy (non-hydrogen) atoms. The molecule has 0 atom stereocenters. The Morgan fingerprint density at radius 1 is 0.909 bits per heavy atom. The second-order valence-electron chi connectivity index (χ2n) is 7.07. The fourth-order valence-corrected chi connectivity index (χ4v) is 2.86. The Hall–Kier alpha value is -0.220. The topological polar surface area (TPSA) is 29.1 Å². The quantitative estimate of drug-likeness (QED) is 0.265. The molecule has 0 radical (unpaired) electrons. The Morgan fingerprint density at radius 3 is 1.91 bits per heavy atom. The van der Waals surface area contributed by atoms with Crippen LogP contribution in [0.5, 0.6) is 0 Å². The lowest BCUT2D eigenvalue weighted by atomic mass is 10.1. The third-order valence-electron chi connectivity index (χ3n) is 4.12. The molecule has 0 fully saturated rings. The molecule has 0 aliphatic carbocycles. The van der Waals surface area contributed by atoms with E-state index in [4.69, 9.17) is 0 Å². The molecule has 4 heteroatoms. The van der Waals surface area contributed by atoms with Gasteiger partial charge in [-0.2, -0.15) is 12.6 Å². The average Bonchev–Trinajstić information content (AvgIpc) is 2.46. The number of carbonyl (C=O) groups is 1. The molecule has 0 spiro atoms. The highest BCUT2D eigenvalue weighted by molar-refractivity contribution is 7.80. The van der Waals surface area contributed by atoms with Crippen LogP contribution < -0.4 is 5.32 Å². The van der Waals surface area contributed by atoms with Crippen molar-refractivity contribution in [2.45, 2.75) is 71.1 Å². The van der Waals surface area contributed by atoms with Crippen LogP contribution >= 0.6 is 12.6 Å². The number of nitrogens with zero attached hydrogens (tertiary/aromatic N) is 1. The number of unbranched alkanes of at least 4 members (excludes halogenated alkanes) is 9. The maximum Gasteiger partial charge on any atom is 0.275 e. The first-order valence-electron chi connectivity index (χ1n) is 9.21. The molecular formula is C18H39N2OS+. The Morgan fingerprint density at radius 2 is 1.41 bits per heavy atom. The van der Waals surface area contributed by atoms with Gasteiger partial charge < -0.3 is 9.80 Å². The van der Waals surface area contributed by atoms with Gasteiger partial charge in [-0.3, -0.25) is 4.79 Å². The third-order valence-corrected chi connectivity index (χ3v) is 4.35. The Balaban J connectivity index is 3.46. The van der Waals surface area contributed by atoms with Crippen molar-refractivity contribution in [1.29, 1.82) is 0 Å². The van der Waals surface area contributed by atoms with E-state index in [1.165, 1.54) is 64.2 Å². The summed E-state index contributed by atoms with van der Waals surface area (Å²) >= 11 is 4.11. The standard InChI is InChI=1S/C18H38N2OS/c1-4-5-6-7-8-9-10-11-12-13-15-20(2,3)17-18(21)19-14-16-22/h4-17H2,1-3H3,(H-,19,21,22)/p+1. The summed E-state index contributed by atoms with van der Waals surface area (Å²) in [5.41, 5.74) is 0. The Bertz CT molecular complexity index is 270. The molecule has 0 aliphatic heterocycles. The molecule has 0 heterocycles. The van der Waals surface area contributed by atoms with Crippen molar-refractivity contribution in [3.05, 3.63) is 0 Å². The number of likely N-dealkylation sites (N-methyl/N-ethyl adjacent to an activating group) is 1. The fourth-order valence-electron chi connectivity index (χ4n) is 2.75. The number of quaternary nitrogens is 1. The van der Waals surface area contributed by atoms with Crippen LogP contribution in [0.15, 0.2) is 0 Å². The highest BCUT2D eigenvalue weighted by Gasteiger charge is 2.18. The lowest BCUT2D eigenvalue weighted by Crippen LogP contribution is -2.48. The van der Waals surface area contributed by atoms with Crippen molar-refractivity contribution >= 4 is 18.5 Å². The maximum atomic E-state index is 11.7. The second kappa shape index (κ2) is 14.4. The van der Waals surface area contributed by atoms with Gasteiger partial charge in [-0.05, 0) is 12.8 Å². The van der Waals surface area contributed by atoms with Crippen molar-refractivity contribution in [2.75, 3.05) is 39.5 Å². The van der Waals surface area contributed by atoms with E-state index in [0.29, 0.717) is 18.8 Å². The number of nitrogens with one attached hydrogen (secondary N) is 1. The zero-order valence-corrected chi connectivity index (χ0v) is 16.1. The number of hydrogen-bond acceptors (Lipinski definition) is 2. The summed E-state index contributed by atoms with van der Waals surface area (Å²) < 4.78 is 0.787. The van der Waals surface area contributed by atoms with E-state index in [1.54, 1.807) is 0 Å². The largest absolute Gasteiger partial charge is 0.350 e. The van der Waals surface area contributed by atoms with E-state index in [1.807, 2.05) is 0 Å². The molecule has 0 aromatic heterocycles. The van der Waals surface area contributed by atoms with E-state index in [-0.39, 0.29) is 5.91 Å². The number of amides is 1. The summed E-state index contributed by atoms with van der Waals surface area (Å²) in [6, 6.07) is 0. The van der Waals surface area contributed by atoms with Crippen LogP contribution in [-0.2, 0) is 4.79 Å². The van der Waals surface area contributed by atoms with Crippen LogP contribution in [0.3, 0.4) is 0 Å². The van der Waals surface area contributed by atoms with Gasteiger partial charge >= 0.3 is 0 Å². The van der Waals surface area contributed by atoms with Crippen LogP contribution in [0.4, 0.5) is 0 Å². The Kier molecular flexibility index (Phi) is 14.2. The van der Waals surface area contributed by atoms with Crippen molar-refractivity contribution < 1.29 is 9.28 Å². The smallest absolute Gasteiger partial charge is 0.275 e. The number of carbonyl (C=O) groups excluding carboxylic acids is 1. The fraction of sp³-hybridized carbons (Fsp3) is 0.944. The zero-order valence-electron chi connectivity index (χ0n) is 15.2.